The summed E-state index contributed by atoms with van der Waals surface area (Å²) in [6.07, 6.45) is -7.36. The van der Waals surface area contributed by atoms with Gasteiger partial charge in [0.25, 0.3) is 5.79 Å². The van der Waals surface area contributed by atoms with Gasteiger partial charge < -0.3 is 35.4 Å². The molecule has 8 nitrogen and oxygen atoms in total. The van der Waals surface area contributed by atoms with E-state index in [0.717, 1.165) is 0 Å². The van der Waals surface area contributed by atoms with Crippen LogP contribution in [0.2, 0.25) is 0 Å². The Labute approximate surface area is 90.3 Å². The molecule has 1 aliphatic heterocycles. The zero-order valence-electron chi connectivity index (χ0n) is 8.22. The second-order valence-corrected chi connectivity index (χ2v) is 3.68. The lowest BCUT2D eigenvalue weighted by Crippen LogP contribution is -2.47. The highest BCUT2D eigenvalue weighted by Crippen LogP contribution is 2.26. The molecule has 0 unspecified atom stereocenters. The fourth-order valence-electron chi connectivity index (χ4n) is 1.50. The summed E-state index contributed by atoms with van der Waals surface area (Å²) in [7, 11) is 0. The SMILES string of the molecule is O=C(O)[C@@]1(O)C[C@@H](O)[C@@H](O)[C@H](O)[C@@H](CO)O1. The number of rotatable bonds is 2. The first kappa shape index (κ1) is 13.3. The van der Waals surface area contributed by atoms with Crippen molar-refractivity contribution in [2.75, 3.05) is 6.61 Å². The predicted molar refractivity (Wildman–Crippen MR) is 47.2 cm³/mol. The van der Waals surface area contributed by atoms with E-state index in [2.05, 4.69) is 4.74 Å². The van der Waals surface area contributed by atoms with Gasteiger partial charge in [0.1, 0.15) is 18.3 Å². The Kier molecular flexibility index (Phi) is 3.84. The Morgan fingerprint density at radius 2 is 1.88 bits per heavy atom. The van der Waals surface area contributed by atoms with Crippen LogP contribution in [0, 0.1) is 0 Å². The molecular formula is C8H14O8. The average molecular weight is 238 g/mol. The molecule has 0 bridgehead atoms. The van der Waals surface area contributed by atoms with Crippen LogP contribution in [0.1, 0.15) is 6.42 Å². The molecule has 0 amide bonds. The molecule has 0 spiro atoms. The van der Waals surface area contributed by atoms with Crippen LogP contribution in [0.15, 0.2) is 0 Å². The fourth-order valence-corrected chi connectivity index (χ4v) is 1.50. The average Bonchev–Trinajstić information content (AvgIpc) is 2.30. The lowest BCUT2D eigenvalue weighted by atomic mass is 10.0. The van der Waals surface area contributed by atoms with Gasteiger partial charge in [0.05, 0.1) is 12.7 Å². The Balaban J connectivity index is 2.98. The van der Waals surface area contributed by atoms with E-state index in [4.69, 9.17) is 10.2 Å². The molecular weight excluding hydrogens is 224 g/mol. The lowest BCUT2D eigenvalue weighted by molar-refractivity contribution is -0.253. The van der Waals surface area contributed by atoms with Gasteiger partial charge in [-0.1, -0.05) is 0 Å². The summed E-state index contributed by atoms with van der Waals surface area (Å²) in [5.41, 5.74) is 0. The molecule has 1 fully saturated rings. The van der Waals surface area contributed by atoms with Gasteiger partial charge in [-0.3, -0.25) is 0 Å². The van der Waals surface area contributed by atoms with Crippen LogP contribution in [-0.4, -0.2) is 73.4 Å². The third-order valence-electron chi connectivity index (χ3n) is 2.47. The molecule has 1 saturated heterocycles. The van der Waals surface area contributed by atoms with Crippen LogP contribution in [0.5, 0.6) is 0 Å². The Hall–Kier alpha value is -0.770. The first-order valence-electron chi connectivity index (χ1n) is 4.60. The third kappa shape index (κ3) is 2.32. The minimum Gasteiger partial charge on any atom is -0.477 e. The van der Waals surface area contributed by atoms with Crippen molar-refractivity contribution in [1.82, 2.24) is 0 Å². The number of aliphatic carboxylic acids is 1. The van der Waals surface area contributed by atoms with Crippen LogP contribution in [0.4, 0.5) is 0 Å². The summed E-state index contributed by atoms with van der Waals surface area (Å²) < 4.78 is 4.60. The van der Waals surface area contributed by atoms with Gasteiger partial charge >= 0.3 is 5.97 Å². The van der Waals surface area contributed by atoms with Crippen molar-refractivity contribution in [3.63, 3.8) is 0 Å². The van der Waals surface area contributed by atoms with Crippen LogP contribution < -0.4 is 0 Å². The van der Waals surface area contributed by atoms with Crippen LogP contribution >= 0.6 is 0 Å². The molecule has 94 valence electrons. The Morgan fingerprint density at radius 1 is 1.31 bits per heavy atom. The molecule has 0 aromatic carbocycles. The van der Waals surface area contributed by atoms with E-state index in [1.165, 1.54) is 0 Å². The maximum absolute atomic E-state index is 10.7. The van der Waals surface area contributed by atoms with E-state index in [-0.39, 0.29) is 0 Å². The van der Waals surface area contributed by atoms with E-state index in [9.17, 15) is 25.2 Å². The minimum atomic E-state index is -2.74. The van der Waals surface area contributed by atoms with Crippen molar-refractivity contribution >= 4 is 5.97 Å². The van der Waals surface area contributed by atoms with Crippen molar-refractivity contribution in [1.29, 1.82) is 0 Å². The van der Waals surface area contributed by atoms with Crippen molar-refractivity contribution < 1.29 is 40.2 Å². The highest BCUT2D eigenvalue weighted by Gasteiger charge is 2.49. The van der Waals surface area contributed by atoms with Gasteiger partial charge in [0, 0.05) is 6.42 Å². The molecule has 16 heavy (non-hydrogen) atoms. The minimum absolute atomic E-state index is 0.805. The van der Waals surface area contributed by atoms with Gasteiger partial charge in [0.15, 0.2) is 0 Å². The quantitative estimate of drug-likeness (QED) is 0.292. The second-order valence-electron chi connectivity index (χ2n) is 3.68. The van der Waals surface area contributed by atoms with Gasteiger partial charge in [-0.2, -0.15) is 0 Å². The number of hydrogen-bond donors (Lipinski definition) is 6. The van der Waals surface area contributed by atoms with Gasteiger partial charge in [-0.25, -0.2) is 4.79 Å². The molecule has 0 aliphatic carbocycles. The fraction of sp³-hybridized carbons (Fsp3) is 0.875. The van der Waals surface area contributed by atoms with E-state index in [0.29, 0.717) is 0 Å². The van der Waals surface area contributed by atoms with Crippen molar-refractivity contribution in [3.8, 4) is 0 Å². The molecule has 0 radical (unpaired) electrons. The summed E-state index contributed by atoms with van der Waals surface area (Å²) >= 11 is 0. The summed E-state index contributed by atoms with van der Waals surface area (Å²) in [6.45, 7) is -0.805. The molecule has 6 N–H and O–H groups in total. The Bertz CT molecular complexity index is 269. The van der Waals surface area contributed by atoms with E-state index in [1.54, 1.807) is 0 Å². The molecule has 1 rings (SSSR count). The zero-order valence-corrected chi connectivity index (χ0v) is 8.22. The monoisotopic (exact) mass is 238 g/mol. The summed E-state index contributed by atoms with van der Waals surface area (Å²) in [6, 6.07) is 0. The topological polar surface area (TPSA) is 148 Å². The maximum Gasteiger partial charge on any atom is 0.364 e. The van der Waals surface area contributed by atoms with Crippen LogP contribution in [-0.2, 0) is 9.53 Å². The number of aliphatic hydroxyl groups is 5. The van der Waals surface area contributed by atoms with Gasteiger partial charge in [0.2, 0.25) is 0 Å². The highest BCUT2D eigenvalue weighted by molar-refractivity contribution is 5.75. The molecule has 0 aromatic rings. The number of carboxylic acid groups (broad SMARTS) is 1. The van der Waals surface area contributed by atoms with E-state index in [1.807, 2.05) is 0 Å². The number of hydrogen-bond acceptors (Lipinski definition) is 7. The van der Waals surface area contributed by atoms with E-state index < -0.39 is 49.2 Å². The first-order valence-corrected chi connectivity index (χ1v) is 4.60. The largest absolute Gasteiger partial charge is 0.477 e. The zero-order chi connectivity index (χ0) is 12.5. The molecule has 8 heteroatoms. The number of ether oxygens (including phenoxy) is 1. The van der Waals surface area contributed by atoms with Crippen molar-refractivity contribution in [2.45, 2.75) is 36.6 Å². The van der Waals surface area contributed by atoms with E-state index >= 15 is 0 Å². The van der Waals surface area contributed by atoms with Gasteiger partial charge in [-0.15, -0.1) is 0 Å². The standard InChI is InChI=1S/C8H14O8/c9-2-4-6(12)5(11)3(10)1-8(15,16-4)7(13)14/h3-6,9-12,15H,1-2H2,(H,13,14)/t3-,4-,5-,6-,8-/m1/s1. The van der Waals surface area contributed by atoms with Crippen molar-refractivity contribution in [2.24, 2.45) is 0 Å². The van der Waals surface area contributed by atoms with Crippen molar-refractivity contribution in [3.05, 3.63) is 0 Å². The summed E-state index contributed by atoms with van der Waals surface area (Å²) in [4.78, 5) is 10.7. The van der Waals surface area contributed by atoms with Crippen LogP contribution in [0.3, 0.4) is 0 Å². The number of aliphatic hydroxyl groups excluding tert-OH is 4. The second kappa shape index (κ2) is 4.62. The lowest BCUT2D eigenvalue weighted by Gasteiger charge is -2.26. The normalized spacial score (nSPS) is 45.1. The first-order chi connectivity index (χ1) is 7.31. The Morgan fingerprint density at radius 3 is 2.31 bits per heavy atom. The van der Waals surface area contributed by atoms with Gasteiger partial charge in [-0.05, 0) is 0 Å². The molecule has 1 aliphatic rings. The number of carboxylic acids is 1. The molecule has 0 saturated carbocycles. The van der Waals surface area contributed by atoms with Crippen LogP contribution in [0.25, 0.3) is 0 Å². The highest BCUT2D eigenvalue weighted by atomic mass is 16.7. The molecule has 0 aromatic heterocycles. The molecule has 5 atom stereocenters. The summed E-state index contributed by atoms with van der Waals surface area (Å²) in [5, 5.41) is 55.1. The molecule has 1 heterocycles. The summed E-state index contributed by atoms with van der Waals surface area (Å²) in [5.74, 6) is -4.52. The third-order valence-corrected chi connectivity index (χ3v) is 2.47. The number of carbonyl (C=O) groups is 1. The predicted octanol–water partition coefficient (Wildman–Crippen LogP) is -3.38. The maximum atomic E-state index is 10.7. The smallest absolute Gasteiger partial charge is 0.364 e.